The molecule has 0 aromatic carbocycles. The van der Waals surface area contributed by atoms with Gasteiger partial charge in [-0.3, -0.25) is 9.59 Å². The lowest BCUT2D eigenvalue weighted by Gasteiger charge is -2.25. The van der Waals surface area contributed by atoms with E-state index in [9.17, 15) is 19.5 Å². The monoisotopic (exact) mass is 1120 g/mol. The number of quaternary nitrogens is 1. The summed E-state index contributed by atoms with van der Waals surface area (Å²) in [5.41, 5.74) is 0. The van der Waals surface area contributed by atoms with Gasteiger partial charge in [-0.05, 0) is 122 Å². The lowest BCUT2D eigenvalue weighted by Crippen LogP contribution is -2.40. The number of allylic oxidation sites excluding steroid dienone is 24. The molecule has 0 amide bonds. The molecule has 0 aliphatic heterocycles. The van der Waals surface area contributed by atoms with Gasteiger partial charge in [0.1, 0.15) is 13.2 Å². The average molecular weight is 1130 g/mol. The van der Waals surface area contributed by atoms with Crippen LogP contribution in [0, 0.1) is 0 Å². The molecule has 1 N–H and O–H groups in total. The van der Waals surface area contributed by atoms with Crippen molar-refractivity contribution in [3.8, 4) is 0 Å². The van der Waals surface area contributed by atoms with E-state index in [0.29, 0.717) is 17.4 Å². The molecule has 0 bridgehead atoms. The van der Waals surface area contributed by atoms with Crippen LogP contribution in [0.3, 0.4) is 0 Å². The Morgan fingerprint density at radius 1 is 0.383 bits per heavy atom. The normalized spacial score (nSPS) is 13.7. The van der Waals surface area contributed by atoms with Gasteiger partial charge in [0.15, 0.2) is 6.10 Å². The molecule has 0 aliphatic rings. The number of carboxylic acid groups (broad SMARTS) is 1. The molecule has 2 unspecified atom stereocenters. The van der Waals surface area contributed by atoms with Gasteiger partial charge in [-0.1, -0.05) is 243 Å². The van der Waals surface area contributed by atoms with E-state index in [1.807, 2.05) is 21.1 Å². The first-order chi connectivity index (χ1) is 39.6. The molecule has 0 spiro atoms. The minimum Gasteiger partial charge on any atom is -0.477 e. The third-order valence-corrected chi connectivity index (χ3v) is 13.1. The summed E-state index contributed by atoms with van der Waals surface area (Å²) in [6.07, 6.45) is 86.6. The van der Waals surface area contributed by atoms with Gasteiger partial charge in [-0.2, -0.15) is 0 Å². The number of carbonyl (C=O) groups excluding carboxylic acids is 2. The number of carbonyl (C=O) groups is 3. The third kappa shape index (κ3) is 62.6. The van der Waals surface area contributed by atoms with Crippen LogP contribution in [0.1, 0.15) is 232 Å². The first kappa shape index (κ1) is 76.2. The number of carboxylic acids is 1. The second-order valence-corrected chi connectivity index (χ2v) is 22.0. The quantitative estimate of drug-likeness (QED) is 0.0211. The van der Waals surface area contributed by atoms with Gasteiger partial charge in [0.2, 0.25) is 0 Å². The van der Waals surface area contributed by atoms with Crippen molar-refractivity contribution in [1.29, 1.82) is 0 Å². The summed E-state index contributed by atoms with van der Waals surface area (Å²) in [5, 5.41) is 9.71. The van der Waals surface area contributed by atoms with Crippen LogP contribution in [0.4, 0.5) is 0 Å². The number of esters is 2. The van der Waals surface area contributed by atoms with Gasteiger partial charge < -0.3 is 28.5 Å². The molecule has 2 atom stereocenters. The zero-order valence-corrected chi connectivity index (χ0v) is 52.1. The predicted molar refractivity (Wildman–Crippen MR) is 345 cm³/mol. The molecule has 81 heavy (non-hydrogen) atoms. The van der Waals surface area contributed by atoms with Crippen LogP contribution in [0.5, 0.6) is 0 Å². The number of likely N-dealkylation sites (N-methyl/N-ethyl adjacent to an activating group) is 1. The van der Waals surface area contributed by atoms with Crippen molar-refractivity contribution in [2.45, 2.75) is 245 Å². The Labute approximate surface area is 496 Å². The van der Waals surface area contributed by atoms with Crippen LogP contribution < -0.4 is 0 Å². The number of rotatable bonds is 57. The van der Waals surface area contributed by atoms with Crippen LogP contribution in [0.15, 0.2) is 146 Å². The smallest absolute Gasteiger partial charge is 0.361 e. The first-order valence-electron chi connectivity index (χ1n) is 32.0. The largest absolute Gasteiger partial charge is 0.477 e. The highest BCUT2D eigenvalue weighted by atomic mass is 16.7. The van der Waals surface area contributed by atoms with Crippen LogP contribution in [-0.4, -0.2) is 87.4 Å². The Bertz CT molecular complexity index is 1840. The SMILES string of the molecule is CC/C=C\C/C=C\C/C=C\C/C=C\C/C=C\C/C=C\C/C=C\C/C=C\C/C=C\C/C=C\C/C=C\CCCCCCCCCC(=O)OC(COC(=O)CCCCCCC/C=C\CCCCCCCC)COC(OCC[N+](C)(C)C)C(=O)O. The molecule has 0 aromatic rings. The van der Waals surface area contributed by atoms with Gasteiger partial charge in [-0.25, -0.2) is 4.79 Å². The van der Waals surface area contributed by atoms with Crippen molar-refractivity contribution in [1.82, 2.24) is 0 Å². The third-order valence-electron chi connectivity index (χ3n) is 13.1. The average Bonchev–Trinajstić information content (AvgIpc) is 3.44. The zero-order chi connectivity index (χ0) is 59.1. The van der Waals surface area contributed by atoms with E-state index in [-0.39, 0.29) is 38.6 Å². The van der Waals surface area contributed by atoms with Gasteiger partial charge >= 0.3 is 17.9 Å². The van der Waals surface area contributed by atoms with Crippen molar-refractivity contribution in [3.63, 3.8) is 0 Å². The summed E-state index contributed by atoms with van der Waals surface area (Å²) < 4.78 is 22.9. The molecular formula is C72H118NO8+. The highest BCUT2D eigenvalue weighted by Crippen LogP contribution is 2.14. The first-order valence-corrected chi connectivity index (χ1v) is 32.0. The molecule has 0 saturated carbocycles. The van der Waals surface area contributed by atoms with Gasteiger partial charge in [-0.15, -0.1) is 0 Å². The van der Waals surface area contributed by atoms with Crippen LogP contribution >= 0.6 is 0 Å². The summed E-state index contributed by atoms with van der Waals surface area (Å²) in [4.78, 5) is 37.4. The van der Waals surface area contributed by atoms with E-state index in [1.54, 1.807) is 0 Å². The molecule has 0 aliphatic carbocycles. The Kier molecular flexibility index (Phi) is 57.6. The number of unbranched alkanes of at least 4 members (excludes halogenated alkanes) is 18. The molecule has 0 saturated heterocycles. The van der Waals surface area contributed by atoms with Crippen LogP contribution in [0.2, 0.25) is 0 Å². The van der Waals surface area contributed by atoms with E-state index >= 15 is 0 Å². The molecule has 0 heterocycles. The molecule has 458 valence electrons. The fraction of sp³-hybridized carbons (Fsp3) is 0.625. The highest BCUT2D eigenvalue weighted by molar-refractivity contribution is 5.71. The number of hydrogen-bond donors (Lipinski definition) is 1. The van der Waals surface area contributed by atoms with Crippen LogP contribution in [-0.2, 0) is 33.3 Å². The Hall–Kier alpha value is -4.83. The number of nitrogens with zero attached hydrogens (tertiary/aromatic N) is 1. The fourth-order valence-corrected chi connectivity index (χ4v) is 8.19. The Morgan fingerprint density at radius 2 is 0.704 bits per heavy atom. The number of hydrogen-bond acceptors (Lipinski definition) is 7. The van der Waals surface area contributed by atoms with Gasteiger partial charge in [0.05, 0.1) is 34.4 Å². The maximum Gasteiger partial charge on any atom is 0.361 e. The molecule has 0 aromatic heterocycles. The molecular weight excluding hydrogens is 1010 g/mol. The van der Waals surface area contributed by atoms with Crippen LogP contribution in [0.25, 0.3) is 0 Å². The second-order valence-electron chi connectivity index (χ2n) is 22.0. The lowest BCUT2D eigenvalue weighted by atomic mass is 10.1. The minimum atomic E-state index is -1.52. The molecule has 9 heteroatoms. The summed E-state index contributed by atoms with van der Waals surface area (Å²) in [5.74, 6) is -2.04. The van der Waals surface area contributed by atoms with Gasteiger partial charge in [0.25, 0.3) is 6.29 Å². The maximum atomic E-state index is 12.9. The summed E-state index contributed by atoms with van der Waals surface area (Å²) >= 11 is 0. The minimum absolute atomic E-state index is 0.177. The Morgan fingerprint density at radius 3 is 1.06 bits per heavy atom. The molecule has 0 fully saturated rings. The summed E-state index contributed by atoms with van der Waals surface area (Å²) in [6, 6.07) is 0. The van der Waals surface area contributed by atoms with Crippen molar-refractivity contribution in [2.75, 3.05) is 47.5 Å². The molecule has 9 nitrogen and oxygen atoms in total. The van der Waals surface area contributed by atoms with E-state index < -0.39 is 24.3 Å². The van der Waals surface area contributed by atoms with Crippen molar-refractivity contribution >= 4 is 17.9 Å². The maximum absolute atomic E-state index is 12.9. The number of ether oxygens (including phenoxy) is 4. The van der Waals surface area contributed by atoms with E-state index in [2.05, 4.69) is 160 Å². The highest BCUT2D eigenvalue weighted by Gasteiger charge is 2.25. The lowest BCUT2D eigenvalue weighted by molar-refractivity contribution is -0.870. The van der Waals surface area contributed by atoms with E-state index in [0.717, 1.165) is 135 Å². The molecule has 0 radical (unpaired) electrons. The topological polar surface area (TPSA) is 108 Å². The predicted octanol–water partition coefficient (Wildman–Crippen LogP) is 19.6. The second kappa shape index (κ2) is 61.2. The summed E-state index contributed by atoms with van der Waals surface area (Å²) in [7, 11) is 5.95. The standard InChI is InChI=1S/C72H117NO8/c1-6-8-10-12-14-16-18-20-22-23-24-25-26-27-28-29-30-31-32-33-34-35-36-37-38-39-40-41-42-43-44-45-46-47-49-51-53-55-57-59-61-63-70(75)81-68(67-80-72(71(76)77)78-65-64-73(3,4)5)66-79-69(74)62-60-58-56-54-52-50-48-21-19-17-15-13-11-9-7-2/h8,10,14,16,20-22,24-25,27-28,30-31,33-34,36-37,39-40,42-43,45-46,48,68,72H,6-7,9,11-13,15,17-19,23,26,29,32,35,38,41,44,47,49-67H2,1-5H3/p+1/b10-8-,16-14-,22-20-,25-24-,28-27-,31-30-,34-33-,37-36-,40-39-,43-42-,46-45-,48-21-. The van der Waals surface area contributed by atoms with Crippen molar-refractivity contribution < 1.29 is 42.9 Å². The fourth-order valence-electron chi connectivity index (χ4n) is 8.19. The summed E-state index contributed by atoms with van der Waals surface area (Å²) in [6.45, 7) is 4.72. The number of aliphatic carboxylic acids is 1. The molecule has 0 rings (SSSR count). The van der Waals surface area contributed by atoms with E-state index in [1.165, 1.54) is 64.2 Å². The Balaban J connectivity index is 4.19. The zero-order valence-electron chi connectivity index (χ0n) is 52.1. The van der Waals surface area contributed by atoms with E-state index in [4.69, 9.17) is 18.9 Å². The van der Waals surface area contributed by atoms with Crippen molar-refractivity contribution in [2.24, 2.45) is 0 Å². The van der Waals surface area contributed by atoms with Crippen molar-refractivity contribution in [3.05, 3.63) is 146 Å². The van der Waals surface area contributed by atoms with Gasteiger partial charge in [0, 0.05) is 12.8 Å².